The first-order valence-corrected chi connectivity index (χ1v) is 10.0. The van der Waals surface area contributed by atoms with Crippen molar-refractivity contribution in [1.82, 2.24) is 14.7 Å². The van der Waals surface area contributed by atoms with Gasteiger partial charge in [-0.25, -0.2) is 4.39 Å². The van der Waals surface area contributed by atoms with E-state index in [9.17, 15) is 14.0 Å². The van der Waals surface area contributed by atoms with E-state index in [-0.39, 0.29) is 12.1 Å². The van der Waals surface area contributed by atoms with Crippen molar-refractivity contribution in [2.75, 3.05) is 5.32 Å². The second-order valence-electron chi connectivity index (χ2n) is 7.74. The van der Waals surface area contributed by atoms with Gasteiger partial charge < -0.3 is 9.84 Å². The summed E-state index contributed by atoms with van der Waals surface area (Å²) in [6, 6.07) is 12.8. The third kappa shape index (κ3) is 3.72. The number of carbonyl (C=O) groups is 1. The molecule has 2 heterocycles. The fourth-order valence-electron chi connectivity index (χ4n) is 3.59. The summed E-state index contributed by atoms with van der Waals surface area (Å²) < 4.78 is 20.3. The lowest BCUT2D eigenvalue weighted by Gasteiger charge is -2.13. The number of nitrogens with zero attached hydrogens (tertiary/aromatic N) is 3. The molecule has 1 saturated carbocycles. The van der Waals surface area contributed by atoms with E-state index in [1.807, 2.05) is 12.1 Å². The lowest BCUT2D eigenvalue weighted by atomic mass is 10.1. The summed E-state index contributed by atoms with van der Waals surface area (Å²) in [7, 11) is 0. The van der Waals surface area contributed by atoms with Gasteiger partial charge in [0.05, 0.1) is 11.1 Å². The van der Waals surface area contributed by atoms with Crippen molar-refractivity contribution in [3.8, 4) is 11.5 Å². The Hall–Kier alpha value is -3.81. The Morgan fingerprint density at radius 2 is 2.03 bits per heavy atom. The van der Waals surface area contributed by atoms with Gasteiger partial charge in [0, 0.05) is 23.1 Å². The number of fused-ring (bicyclic) bond motifs is 1. The van der Waals surface area contributed by atoms with Crippen molar-refractivity contribution < 1.29 is 13.7 Å². The number of aromatic nitrogens is 3. The highest BCUT2D eigenvalue weighted by Gasteiger charge is 2.29. The number of pyridine rings is 1. The first-order chi connectivity index (χ1) is 15.0. The first kappa shape index (κ1) is 19.2. The van der Waals surface area contributed by atoms with Crippen molar-refractivity contribution in [3.05, 3.63) is 76.1 Å². The van der Waals surface area contributed by atoms with Crippen LogP contribution in [0.25, 0.3) is 22.4 Å². The van der Waals surface area contributed by atoms with E-state index in [0.29, 0.717) is 34.4 Å². The van der Waals surface area contributed by atoms with Gasteiger partial charge in [0.2, 0.25) is 5.91 Å². The first-order valence-electron chi connectivity index (χ1n) is 10.0. The topological polar surface area (TPSA) is 90.0 Å². The molecule has 4 aromatic rings. The number of amides is 1. The van der Waals surface area contributed by atoms with Crippen LogP contribution in [0.1, 0.15) is 30.1 Å². The number of halogens is 1. The molecule has 0 saturated heterocycles. The molecule has 5 rings (SSSR count). The second-order valence-corrected chi connectivity index (χ2v) is 7.74. The molecule has 8 heteroatoms. The maximum absolute atomic E-state index is 13.5. The lowest BCUT2D eigenvalue weighted by Crippen LogP contribution is -2.28. The molecule has 7 nitrogen and oxygen atoms in total. The summed E-state index contributed by atoms with van der Waals surface area (Å²) in [6.45, 7) is 1.55. The van der Waals surface area contributed by atoms with Crippen molar-refractivity contribution in [1.29, 1.82) is 0 Å². The minimum Gasteiger partial charge on any atom is -0.334 e. The summed E-state index contributed by atoms with van der Waals surface area (Å²) in [4.78, 5) is 30.0. The molecule has 0 spiro atoms. The van der Waals surface area contributed by atoms with Crippen LogP contribution in [0.15, 0.2) is 57.8 Å². The Morgan fingerprint density at radius 3 is 2.84 bits per heavy atom. The Labute approximate surface area is 176 Å². The minimum absolute atomic E-state index is 0.216. The third-order valence-electron chi connectivity index (χ3n) is 5.41. The monoisotopic (exact) mass is 418 g/mol. The van der Waals surface area contributed by atoms with E-state index in [2.05, 4.69) is 15.5 Å². The highest BCUT2D eigenvalue weighted by atomic mass is 19.1. The largest absolute Gasteiger partial charge is 0.334 e. The number of carbonyl (C=O) groups excluding carboxylic acids is 1. The zero-order chi connectivity index (χ0) is 21.5. The molecule has 0 unspecified atom stereocenters. The quantitative estimate of drug-likeness (QED) is 0.529. The van der Waals surface area contributed by atoms with Gasteiger partial charge in [-0.3, -0.25) is 14.2 Å². The van der Waals surface area contributed by atoms with E-state index < -0.39 is 11.7 Å². The van der Waals surface area contributed by atoms with Crippen molar-refractivity contribution in [3.63, 3.8) is 0 Å². The normalized spacial score (nSPS) is 13.5. The smallest absolute Gasteiger partial charge is 0.258 e. The number of nitrogens with one attached hydrogen (secondary N) is 1. The molecule has 0 aliphatic heterocycles. The standard InChI is InChI=1S/C23H19FN4O3/c1-13-6-9-15(24)10-18(13)25-20(29)12-28-19-5-3-2-4-16(19)17(11-21(28)30)23-26-22(27-31-23)14-7-8-14/h2-6,9-11,14H,7-8,12H2,1H3,(H,25,29). The van der Waals surface area contributed by atoms with E-state index in [1.165, 1.54) is 22.8 Å². The fraction of sp³-hybridized carbons (Fsp3) is 0.217. The van der Waals surface area contributed by atoms with E-state index in [1.54, 1.807) is 25.1 Å². The minimum atomic E-state index is -0.446. The molecule has 0 radical (unpaired) electrons. The van der Waals surface area contributed by atoms with E-state index in [0.717, 1.165) is 23.8 Å². The third-order valence-corrected chi connectivity index (χ3v) is 5.41. The molecule has 1 fully saturated rings. The number of anilines is 1. The van der Waals surface area contributed by atoms with E-state index in [4.69, 9.17) is 4.52 Å². The molecule has 0 bridgehead atoms. The van der Waals surface area contributed by atoms with Crippen LogP contribution in [-0.2, 0) is 11.3 Å². The summed E-state index contributed by atoms with van der Waals surface area (Å²) in [5.41, 5.74) is 1.84. The van der Waals surface area contributed by atoms with Gasteiger partial charge in [0.1, 0.15) is 12.4 Å². The van der Waals surface area contributed by atoms with Gasteiger partial charge in [0.15, 0.2) is 5.82 Å². The molecule has 0 atom stereocenters. The number of hydrogen-bond acceptors (Lipinski definition) is 5. The molecule has 2 aromatic heterocycles. The highest BCUT2D eigenvalue weighted by molar-refractivity contribution is 5.95. The lowest BCUT2D eigenvalue weighted by molar-refractivity contribution is -0.116. The van der Waals surface area contributed by atoms with Crippen LogP contribution in [-0.4, -0.2) is 20.6 Å². The predicted molar refractivity (Wildman–Crippen MR) is 113 cm³/mol. The van der Waals surface area contributed by atoms with Crippen LogP contribution in [0.3, 0.4) is 0 Å². The zero-order valence-corrected chi connectivity index (χ0v) is 16.8. The van der Waals surface area contributed by atoms with Crippen molar-refractivity contribution >= 4 is 22.5 Å². The number of aryl methyl sites for hydroxylation is 1. The average Bonchev–Trinajstić information content (AvgIpc) is 3.49. The molecule has 156 valence electrons. The molecular formula is C23H19FN4O3. The van der Waals surface area contributed by atoms with Gasteiger partial charge >= 0.3 is 0 Å². The second kappa shape index (κ2) is 7.46. The Balaban J connectivity index is 1.50. The SMILES string of the molecule is Cc1ccc(F)cc1NC(=O)Cn1c(=O)cc(-c2nc(C3CC3)no2)c2ccccc21. The van der Waals surface area contributed by atoms with Crippen LogP contribution in [0.4, 0.5) is 10.1 Å². The molecular weight excluding hydrogens is 399 g/mol. The number of benzene rings is 2. The average molecular weight is 418 g/mol. The molecule has 31 heavy (non-hydrogen) atoms. The van der Waals surface area contributed by atoms with Crippen LogP contribution in [0.2, 0.25) is 0 Å². The Kier molecular flexibility index (Phi) is 4.62. The molecule has 1 aliphatic carbocycles. The van der Waals surface area contributed by atoms with Crippen LogP contribution in [0.5, 0.6) is 0 Å². The predicted octanol–water partition coefficient (Wildman–Crippen LogP) is 4.02. The summed E-state index contributed by atoms with van der Waals surface area (Å²) in [5.74, 6) is 0.412. The molecule has 1 amide bonds. The molecule has 2 aromatic carbocycles. The Morgan fingerprint density at radius 1 is 1.23 bits per heavy atom. The van der Waals surface area contributed by atoms with Gasteiger partial charge in [0.25, 0.3) is 11.4 Å². The zero-order valence-electron chi connectivity index (χ0n) is 16.8. The fourth-order valence-corrected chi connectivity index (χ4v) is 3.59. The summed E-state index contributed by atoms with van der Waals surface area (Å²) in [6.07, 6.45) is 2.09. The van der Waals surface area contributed by atoms with Crippen LogP contribution < -0.4 is 10.9 Å². The summed E-state index contributed by atoms with van der Waals surface area (Å²) >= 11 is 0. The maximum Gasteiger partial charge on any atom is 0.258 e. The van der Waals surface area contributed by atoms with Crippen molar-refractivity contribution in [2.24, 2.45) is 0 Å². The van der Waals surface area contributed by atoms with E-state index >= 15 is 0 Å². The number of hydrogen-bond donors (Lipinski definition) is 1. The summed E-state index contributed by atoms with van der Waals surface area (Å²) in [5, 5.41) is 7.44. The van der Waals surface area contributed by atoms with Gasteiger partial charge in [-0.1, -0.05) is 29.4 Å². The van der Waals surface area contributed by atoms with Crippen molar-refractivity contribution in [2.45, 2.75) is 32.2 Å². The van der Waals surface area contributed by atoms with Gasteiger partial charge in [-0.05, 0) is 43.5 Å². The van der Waals surface area contributed by atoms with Gasteiger partial charge in [-0.15, -0.1) is 0 Å². The Bertz CT molecular complexity index is 1370. The van der Waals surface area contributed by atoms with Crippen LogP contribution >= 0.6 is 0 Å². The number of para-hydroxylation sites is 1. The molecule has 1 aliphatic rings. The number of rotatable bonds is 5. The molecule has 1 N–H and O–H groups in total. The van der Waals surface area contributed by atoms with Crippen LogP contribution in [0, 0.1) is 12.7 Å². The highest BCUT2D eigenvalue weighted by Crippen LogP contribution is 2.39. The maximum atomic E-state index is 13.5. The van der Waals surface area contributed by atoms with Gasteiger partial charge in [-0.2, -0.15) is 4.98 Å².